The van der Waals surface area contributed by atoms with E-state index < -0.39 is 0 Å². The molecule has 4 nitrogen and oxygen atoms in total. The van der Waals surface area contributed by atoms with Crippen molar-refractivity contribution in [3.8, 4) is 34.0 Å². The number of nitrogens with zero attached hydrogens (tertiary/aromatic N) is 3. The molecule has 0 amide bonds. The second-order valence-corrected chi connectivity index (χ2v) is 9.92. The zero-order valence-corrected chi connectivity index (χ0v) is 21.4. The maximum absolute atomic E-state index is 9.74. The van der Waals surface area contributed by atoms with Gasteiger partial charge < -0.3 is 8.98 Å². The van der Waals surface area contributed by atoms with E-state index in [-0.39, 0.29) is 0 Å². The van der Waals surface area contributed by atoms with E-state index in [1.54, 1.807) is 18.5 Å². The molecule has 0 aliphatic heterocycles. The molecule has 0 saturated carbocycles. The summed E-state index contributed by atoms with van der Waals surface area (Å²) < 4.78 is 8.77. The minimum atomic E-state index is 0.607. The van der Waals surface area contributed by atoms with Crippen LogP contribution in [0.3, 0.4) is 0 Å². The van der Waals surface area contributed by atoms with Crippen LogP contribution in [0.1, 0.15) is 5.56 Å². The number of fused-ring (bicyclic) bond motifs is 7. The standard InChI is InChI=1S/C36H21N3O/c37-21-24-18-19-38-22-31(24)27-11-2-1-10-26(27)23-8-7-9-25(20-23)39-32-14-5-3-13-30(32)35-33(39)17-16-29-28-12-4-6-15-34(28)40-36(29)35/h1-20,22H. The quantitative estimate of drug-likeness (QED) is 0.237. The van der Waals surface area contributed by atoms with Gasteiger partial charge in [-0.05, 0) is 59.2 Å². The second-order valence-electron chi connectivity index (χ2n) is 9.92. The molecule has 0 atom stereocenters. The minimum Gasteiger partial charge on any atom is -0.455 e. The van der Waals surface area contributed by atoms with Crippen molar-refractivity contribution in [3.05, 3.63) is 133 Å². The number of nitriles is 1. The molecule has 40 heavy (non-hydrogen) atoms. The Labute approximate surface area is 230 Å². The summed E-state index contributed by atoms with van der Waals surface area (Å²) in [6, 6.07) is 41.9. The molecule has 4 heteroatoms. The summed E-state index contributed by atoms with van der Waals surface area (Å²) in [5.74, 6) is 0. The summed E-state index contributed by atoms with van der Waals surface area (Å²) in [5, 5.41) is 14.3. The fourth-order valence-corrected chi connectivity index (χ4v) is 6.00. The average molecular weight is 512 g/mol. The highest BCUT2D eigenvalue weighted by molar-refractivity contribution is 6.23. The molecule has 0 radical (unpaired) electrons. The Kier molecular flexibility index (Phi) is 4.85. The van der Waals surface area contributed by atoms with Gasteiger partial charge in [-0.15, -0.1) is 0 Å². The number of hydrogen-bond donors (Lipinski definition) is 0. The van der Waals surface area contributed by atoms with Crippen molar-refractivity contribution in [2.75, 3.05) is 0 Å². The summed E-state index contributed by atoms with van der Waals surface area (Å²) in [5.41, 5.74) is 9.61. The number of pyridine rings is 1. The van der Waals surface area contributed by atoms with Crippen LogP contribution in [0.4, 0.5) is 0 Å². The third-order valence-electron chi connectivity index (χ3n) is 7.75. The minimum absolute atomic E-state index is 0.607. The summed E-state index contributed by atoms with van der Waals surface area (Å²) in [6.07, 6.45) is 3.43. The molecule has 8 aromatic rings. The van der Waals surface area contributed by atoms with Gasteiger partial charge in [-0.2, -0.15) is 5.26 Å². The van der Waals surface area contributed by atoms with Gasteiger partial charge in [0, 0.05) is 39.8 Å². The van der Waals surface area contributed by atoms with Gasteiger partial charge in [0.25, 0.3) is 0 Å². The van der Waals surface area contributed by atoms with E-state index >= 15 is 0 Å². The molecular weight excluding hydrogens is 490 g/mol. The lowest BCUT2D eigenvalue weighted by atomic mass is 9.93. The number of benzene rings is 5. The van der Waals surface area contributed by atoms with Crippen molar-refractivity contribution in [1.29, 1.82) is 5.26 Å². The first-order valence-electron chi connectivity index (χ1n) is 13.2. The Morgan fingerprint density at radius 1 is 0.650 bits per heavy atom. The van der Waals surface area contributed by atoms with Gasteiger partial charge in [0.2, 0.25) is 0 Å². The number of para-hydroxylation sites is 2. The van der Waals surface area contributed by atoms with Crippen molar-refractivity contribution in [2.24, 2.45) is 0 Å². The predicted octanol–water partition coefficient (Wildman–Crippen LogP) is 9.28. The van der Waals surface area contributed by atoms with Crippen molar-refractivity contribution < 1.29 is 4.42 Å². The molecule has 0 unspecified atom stereocenters. The number of furan rings is 1. The molecule has 8 rings (SSSR count). The first-order valence-corrected chi connectivity index (χ1v) is 13.2. The Bertz CT molecular complexity index is 2300. The molecule has 186 valence electrons. The van der Waals surface area contributed by atoms with Gasteiger partial charge in [-0.1, -0.05) is 72.8 Å². The van der Waals surface area contributed by atoms with E-state index in [9.17, 15) is 5.26 Å². The maximum Gasteiger partial charge on any atom is 0.145 e. The van der Waals surface area contributed by atoms with Crippen LogP contribution in [-0.2, 0) is 0 Å². The number of rotatable bonds is 3. The summed E-state index contributed by atoms with van der Waals surface area (Å²) in [4.78, 5) is 4.31. The number of hydrogen-bond acceptors (Lipinski definition) is 3. The van der Waals surface area contributed by atoms with Crippen LogP contribution in [0.2, 0.25) is 0 Å². The first-order chi connectivity index (χ1) is 19.8. The average Bonchev–Trinajstić information content (AvgIpc) is 3.57. The van der Waals surface area contributed by atoms with Gasteiger partial charge in [-0.25, -0.2) is 0 Å². The predicted molar refractivity (Wildman–Crippen MR) is 161 cm³/mol. The highest BCUT2D eigenvalue weighted by atomic mass is 16.3. The van der Waals surface area contributed by atoms with Gasteiger partial charge in [-0.3, -0.25) is 4.98 Å². The van der Waals surface area contributed by atoms with Crippen LogP contribution in [0.5, 0.6) is 0 Å². The highest BCUT2D eigenvalue weighted by Crippen LogP contribution is 2.41. The SMILES string of the molecule is N#Cc1ccncc1-c1ccccc1-c1cccc(-n2c3ccccc3c3c4oc5ccccc5c4ccc32)c1. The Morgan fingerprint density at radius 3 is 2.35 bits per heavy atom. The van der Waals surface area contributed by atoms with Crippen LogP contribution < -0.4 is 0 Å². The smallest absolute Gasteiger partial charge is 0.145 e. The fraction of sp³-hybridized carbons (Fsp3) is 0. The van der Waals surface area contributed by atoms with Crippen molar-refractivity contribution in [3.63, 3.8) is 0 Å². The molecule has 0 bridgehead atoms. The largest absolute Gasteiger partial charge is 0.455 e. The molecule has 0 N–H and O–H groups in total. The molecule has 0 fully saturated rings. The lowest BCUT2D eigenvalue weighted by Crippen LogP contribution is -1.95. The zero-order chi connectivity index (χ0) is 26.6. The van der Waals surface area contributed by atoms with E-state index in [0.717, 1.165) is 71.7 Å². The Morgan fingerprint density at radius 2 is 1.45 bits per heavy atom. The normalized spacial score (nSPS) is 11.5. The van der Waals surface area contributed by atoms with E-state index in [2.05, 4.69) is 101 Å². The monoisotopic (exact) mass is 511 g/mol. The highest BCUT2D eigenvalue weighted by Gasteiger charge is 2.19. The first kappa shape index (κ1) is 22.3. The van der Waals surface area contributed by atoms with Crippen molar-refractivity contribution in [1.82, 2.24) is 9.55 Å². The van der Waals surface area contributed by atoms with Crippen LogP contribution in [0, 0.1) is 11.3 Å². The van der Waals surface area contributed by atoms with Crippen LogP contribution >= 0.6 is 0 Å². The van der Waals surface area contributed by atoms with Crippen LogP contribution in [0.15, 0.2) is 132 Å². The molecular formula is C36H21N3O. The summed E-state index contributed by atoms with van der Waals surface area (Å²) in [6.45, 7) is 0. The zero-order valence-electron chi connectivity index (χ0n) is 21.4. The molecule has 0 aliphatic rings. The van der Waals surface area contributed by atoms with Gasteiger partial charge in [0.1, 0.15) is 11.2 Å². The molecule has 5 aromatic carbocycles. The molecule has 0 saturated heterocycles. The van der Waals surface area contributed by atoms with E-state index in [0.29, 0.717) is 5.56 Å². The maximum atomic E-state index is 9.74. The van der Waals surface area contributed by atoms with Crippen LogP contribution in [-0.4, -0.2) is 9.55 Å². The Hall–Kier alpha value is -5.66. The molecule has 3 aromatic heterocycles. The molecule has 3 heterocycles. The van der Waals surface area contributed by atoms with E-state index in [4.69, 9.17) is 4.42 Å². The lowest BCUT2D eigenvalue weighted by molar-refractivity contribution is 0.673. The van der Waals surface area contributed by atoms with E-state index in [1.807, 2.05) is 24.3 Å². The second kappa shape index (κ2) is 8.69. The third kappa shape index (κ3) is 3.22. The van der Waals surface area contributed by atoms with Gasteiger partial charge in [0.05, 0.1) is 28.1 Å². The van der Waals surface area contributed by atoms with Gasteiger partial charge in [0.15, 0.2) is 0 Å². The summed E-state index contributed by atoms with van der Waals surface area (Å²) in [7, 11) is 0. The van der Waals surface area contributed by atoms with Crippen molar-refractivity contribution in [2.45, 2.75) is 0 Å². The number of aromatic nitrogens is 2. The van der Waals surface area contributed by atoms with Crippen LogP contribution in [0.25, 0.3) is 71.7 Å². The third-order valence-corrected chi connectivity index (χ3v) is 7.75. The lowest BCUT2D eigenvalue weighted by Gasteiger charge is -2.14. The topological polar surface area (TPSA) is 54.8 Å². The summed E-state index contributed by atoms with van der Waals surface area (Å²) >= 11 is 0. The molecule has 0 spiro atoms. The van der Waals surface area contributed by atoms with E-state index in [1.165, 1.54) is 0 Å². The fourth-order valence-electron chi connectivity index (χ4n) is 6.00. The van der Waals surface area contributed by atoms with Gasteiger partial charge >= 0.3 is 0 Å². The Balaban J connectivity index is 1.39. The molecule has 0 aliphatic carbocycles. The van der Waals surface area contributed by atoms with Crippen molar-refractivity contribution >= 4 is 43.7 Å².